The zero-order chi connectivity index (χ0) is 15.8. The minimum absolute atomic E-state index is 0.198. The number of rotatable bonds is 1. The highest BCUT2D eigenvalue weighted by Gasteiger charge is 2.63. The number of benzene rings is 1. The van der Waals surface area contributed by atoms with Crippen LogP contribution in [-0.2, 0) is 14.8 Å². The summed E-state index contributed by atoms with van der Waals surface area (Å²) in [4.78, 5) is 12.5. The largest absolute Gasteiger partial charge is 0.273 e. The van der Waals surface area contributed by atoms with Crippen LogP contribution in [0, 0.1) is 35.2 Å². The predicted molar refractivity (Wildman–Crippen MR) is 70.7 cm³/mol. The van der Waals surface area contributed by atoms with Crippen molar-refractivity contribution in [1.29, 1.82) is 0 Å². The van der Waals surface area contributed by atoms with E-state index in [1.807, 2.05) is 0 Å². The highest BCUT2D eigenvalue weighted by atomic mass is 32.2. The third-order valence-corrected chi connectivity index (χ3v) is 6.92. The maximum absolute atomic E-state index is 13.9. The maximum atomic E-state index is 13.9. The number of hydrogen-bond donors (Lipinski definition) is 0. The number of sulfonamides is 1. The molecule has 2 fully saturated rings. The Morgan fingerprint density at radius 3 is 2.41 bits per heavy atom. The van der Waals surface area contributed by atoms with Gasteiger partial charge in [0.2, 0.25) is 15.9 Å². The molecule has 2 aliphatic carbocycles. The Bertz CT molecular complexity index is 836. The highest BCUT2D eigenvalue weighted by molar-refractivity contribution is 7.94. The summed E-state index contributed by atoms with van der Waals surface area (Å²) in [6.07, 6.45) is 4.13. The van der Waals surface area contributed by atoms with Crippen molar-refractivity contribution in [2.45, 2.75) is 11.7 Å². The molecule has 1 aromatic rings. The van der Waals surface area contributed by atoms with Gasteiger partial charge in [-0.15, -0.1) is 0 Å². The average Bonchev–Trinajstić information content (AvgIpc) is 3.12. The van der Waals surface area contributed by atoms with E-state index in [1.165, 1.54) is 0 Å². The van der Waals surface area contributed by atoms with Crippen LogP contribution in [0.1, 0.15) is 6.42 Å². The molecule has 3 aliphatic rings. The number of fused-ring (bicyclic) bond motifs is 5. The Kier molecular flexibility index (Phi) is 2.59. The molecular formula is C14H10F3NO3S. The topological polar surface area (TPSA) is 54.5 Å². The van der Waals surface area contributed by atoms with E-state index in [9.17, 15) is 26.4 Å². The van der Waals surface area contributed by atoms with Crippen LogP contribution in [0.2, 0.25) is 0 Å². The Balaban J connectivity index is 1.88. The van der Waals surface area contributed by atoms with Gasteiger partial charge in [-0.3, -0.25) is 4.79 Å². The van der Waals surface area contributed by atoms with Crippen LogP contribution < -0.4 is 4.31 Å². The summed E-state index contributed by atoms with van der Waals surface area (Å²) in [5.74, 6) is -6.93. The van der Waals surface area contributed by atoms with Crippen molar-refractivity contribution < 1.29 is 26.4 Å². The van der Waals surface area contributed by atoms with Crippen molar-refractivity contribution in [1.82, 2.24) is 0 Å². The Labute approximate surface area is 124 Å². The maximum Gasteiger partial charge on any atom is 0.246 e. The number of carbonyl (C=O) groups excluding carboxylic acids is 1. The molecule has 4 atom stereocenters. The van der Waals surface area contributed by atoms with Crippen molar-refractivity contribution in [2.24, 2.45) is 17.8 Å². The lowest BCUT2D eigenvalue weighted by Crippen LogP contribution is -2.34. The van der Waals surface area contributed by atoms with E-state index < -0.39 is 50.2 Å². The van der Waals surface area contributed by atoms with Crippen LogP contribution >= 0.6 is 0 Å². The third kappa shape index (κ3) is 1.48. The molecule has 8 heteroatoms. The van der Waals surface area contributed by atoms with Crippen LogP contribution in [0.5, 0.6) is 0 Å². The molecule has 4 nitrogen and oxygen atoms in total. The van der Waals surface area contributed by atoms with Crippen LogP contribution in [0.15, 0.2) is 24.3 Å². The summed E-state index contributed by atoms with van der Waals surface area (Å²) in [5, 5.41) is -0.942. The van der Waals surface area contributed by atoms with Crippen molar-refractivity contribution in [2.75, 3.05) is 4.31 Å². The first kappa shape index (κ1) is 13.8. The van der Waals surface area contributed by atoms with Gasteiger partial charge in [0.05, 0.1) is 16.9 Å². The number of amides is 1. The lowest BCUT2D eigenvalue weighted by atomic mass is 9.92. The summed E-state index contributed by atoms with van der Waals surface area (Å²) < 4.78 is 65.9. The normalized spacial score (nSPS) is 34.5. The molecule has 1 heterocycles. The molecule has 0 spiro atoms. The van der Waals surface area contributed by atoms with Crippen LogP contribution in [0.3, 0.4) is 0 Å². The molecular weight excluding hydrogens is 319 g/mol. The Morgan fingerprint density at radius 1 is 1.05 bits per heavy atom. The van der Waals surface area contributed by atoms with E-state index in [4.69, 9.17) is 0 Å². The van der Waals surface area contributed by atoms with Gasteiger partial charge < -0.3 is 0 Å². The van der Waals surface area contributed by atoms with Gasteiger partial charge in [0.25, 0.3) is 0 Å². The van der Waals surface area contributed by atoms with E-state index in [1.54, 1.807) is 12.2 Å². The van der Waals surface area contributed by atoms with Crippen molar-refractivity contribution in [3.63, 3.8) is 0 Å². The van der Waals surface area contributed by atoms with Crippen LogP contribution in [0.4, 0.5) is 18.9 Å². The highest BCUT2D eigenvalue weighted by Crippen LogP contribution is 2.53. The van der Waals surface area contributed by atoms with Gasteiger partial charge in [0.1, 0.15) is 0 Å². The minimum atomic E-state index is -4.15. The molecule has 1 aromatic carbocycles. The number of allylic oxidation sites excluding steroid dienone is 2. The Morgan fingerprint density at radius 2 is 1.73 bits per heavy atom. The van der Waals surface area contributed by atoms with E-state index in [2.05, 4.69) is 0 Å². The fourth-order valence-corrected chi connectivity index (χ4v) is 6.18. The molecule has 0 aromatic heterocycles. The molecule has 2 bridgehead atoms. The van der Waals surface area contributed by atoms with Crippen molar-refractivity contribution >= 4 is 21.6 Å². The Hall–Kier alpha value is -1.83. The van der Waals surface area contributed by atoms with Gasteiger partial charge in [0, 0.05) is 0 Å². The smallest absolute Gasteiger partial charge is 0.246 e. The molecule has 2 unspecified atom stereocenters. The second kappa shape index (κ2) is 4.13. The van der Waals surface area contributed by atoms with Crippen LogP contribution in [-0.4, -0.2) is 19.6 Å². The molecule has 0 radical (unpaired) electrons. The SMILES string of the molecule is O=C1[C@H]2C3C=CC(C3)[C@H]2S(=O)(=O)N1c1ccc(F)c(F)c1F. The second-order valence-electron chi connectivity index (χ2n) is 5.78. The van der Waals surface area contributed by atoms with E-state index in [-0.39, 0.29) is 11.8 Å². The number of halogens is 3. The monoisotopic (exact) mass is 329 g/mol. The summed E-state index contributed by atoms with van der Waals surface area (Å²) in [6, 6.07) is 1.39. The second-order valence-corrected chi connectivity index (χ2v) is 7.72. The zero-order valence-corrected chi connectivity index (χ0v) is 11.9. The summed E-state index contributed by atoms with van der Waals surface area (Å²) in [7, 11) is -4.15. The lowest BCUT2D eigenvalue weighted by Gasteiger charge is -2.19. The predicted octanol–water partition coefficient (Wildman–Crippen LogP) is 1.97. The molecule has 116 valence electrons. The first-order valence-corrected chi connectivity index (χ1v) is 8.24. The average molecular weight is 329 g/mol. The molecule has 1 amide bonds. The molecule has 1 saturated carbocycles. The fourth-order valence-electron chi connectivity index (χ4n) is 3.82. The minimum Gasteiger partial charge on any atom is -0.273 e. The first-order valence-electron chi connectivity index (χ1n) is 6.74. The first-order chi connectivity index (χ1) is 10.3. The molecule has 1 saturated heterocycles. The number of anilines is 1. The lowest BCUT2D eigenvalue weighted by molar-refractivity contribution is -0.120. The molecule has 4 rings (SSSR count). The van der Waals surface area contributed by atoms with Gasteiger partial charge in [-0.05, 0) is 30.4 Å². The van der Waals surface area contributed by atoms with Gasteiger partial charge in [0.15, 0.2) is 17.5 Å². The van der Waals surface area contributed by atoms with Gasteiger partial charge in [-0.25, -0.2) is 25.9 Å². The number of nitrogens with zero attached hydrogens (tertiary/aromatic N) is 1. The summed E-state index contributed by atoms with van der Waals surface area (Å²) in [6.45, 7) is 0. The van der Waals surface area contributed by atoms with Crippen molar-refractivity contribution in [3.8, 4) is 0 Å². The van der Waals surface area contributed by atoms with Gasteiger partial charge in [-0.2, -0.15) is 0 Å². The quantitative estimate of drug-likeness (QED) is 0.585. The molecule has 0 N–H and O–H groups in total. The standard InChI is InChI=1S/C14H10F3NO3S/c15-8-3-4-9(12(17)11(8)16)18-14(19)10-6-1-2-7(5-6)13(10)22(18,20)21/h1-4,6-7,10,13H,5H2/t6?,7?,10-,13+/m0/s1. The molecule has 22 heavy (non-hydrogen) atoms. The molecule has 1 aliphatic heterocycles. The van der Waals surface area contributed by atoms with Gasteiger partial charge >= 0.3 is 0 Å². The summed E-state index contributed by atoms with van der Waals surface area (Å²) >= 11 is 0. The fraction of sp³-hybridized carbons (Fsp3) is 0.357. The van der Waals surface area contributed by atoms with E-state index in [0.29, 0.717) is 16.8 Å². The van der Waals surface area contributed by atoms with E-state index >= 15 is 0 Å². The van der Waals surface area contributed by atoms with Gasteiger partial charge in [-0.1, -0.05) is 12.2 Å². The zero-order valence-electron chi connectivity index (χ0n) is 11.0. The van der Waals surface area contributed by atoms with E-state index in [0.717, 1.165) is 6.07 Å². The summed E-state index contributed by atoms with van der Waals surface area (Å²) in [5.41, 5.74) is -0.752. The third-order valence-electron chi connectivity index (χ3n) is 4.70. The van der Waals surface area contributed by atoms with Crippen LogP contribution in [0.25, 0.3) is 0 Å². The number of hydrogen-bond acceptors (Lipinski definition) is 3. The number of carbonyl (C=O) groups is 1. The van der Waals surface area contributed by atoms with Crippen molar-refractivity contribution in [3.05, 3.63) is 41.7 Å².